The maximum absolute atomic E-state index is 2.78. The third kappa shape index (κ3) is 8.10. The smallest absolute Gasteiger partial charge is 0.254 e. The number of hydrogen-bond acceptors (Lipinski definition) is 3. The maximum atomic E-state index is 2.78. The summed E-state index contributed by atoms with van der Waals surface area (Å²) in [5, 5.41) is 2.81. The molecule has 0 unspecified atom stereocenters. The van der Waals surface area contributed by atoms with Gasteiger partial charge in [0.05, 0.1) is 10.7 Å². The molecule has 0 N–H and O–H groups in total. The van der Waals surface area contributed by atoms with Gasteiger partial charge >= 0.3 is 0 Å². The zero-order chi connectivity index (χ0) is 56.2. The highest BCUT2D eigenvalue weighted by atomic mass is 32.1. The molecular formula is C74H91BN2S. The lowest BCUT2D eigenvalue weighted by molar-refractivity contribution is 0.332. The molecule has 0 amide bonds. The number of rotatable bonds is 3. The molecule has 78 heavy (non-hydrogen) atoms. The van der Waals surface area contributed by atoms with E-state index in [4.69, 9.17) is 0 Å². The van der Waals surface area contributed by atoms with Crippen LogP contribution in [-0.4, -0.2) is 6.71 Å². The van der Waals surface area contributed by atoms with Crippen molar-refractivity contribution in [2.75, 3.05) is 9.80 Å². The van der Waals surface area contributed by atoms with Crippen LogP contribution in [0.5, 0.6) is 0 Å². The molecule has 0 spiro atoms. The molecular weight excluding hydrogens is 960 g/mol. The van der Waals surface area contributed by atoms with Crippen LogP contribution in [0, 0.1) is 0 Å². The average molecular weight is 1050 g/mol. The van der Waals surface area contributed by atoms with Crippen LogP contribution in [0.25, 0.3) is 21.2 Å². The van der Waals surface area contributed by atoms with Gasteiger partial charge in [-0.05, 0) is 213 Å². The number of benzene rings is 6. The fourth-order valence-corrected chi connectivity index (χ4v) is 16.4. The Balaban J connectivity index is 1.25. The molecule has 0 radical (unpaired) electrons. The predicted molar refractivity (Wildman–Crippen MR) is 343 cm³/mol. The topological polar surface area (TPSA) is 6.48 Å². The van der Waals surface area contributed by atoms with Crippen molar-refractivity contribution in [2.24, 2.45) is 0 Å². The molecule has 0 atom stereocenters. The van der Waals surface area contributed by atoms with Crippen LogP contribution in [0.3, 0.4) is 0 Å². The van der Waals surface area contributed by atoms with Crippen molar-refractivity contribution in [3.05, 3.63) is 147 Å². The molecule has 4 heteroatoms. The highest BCUT2D eigenvalue weighted by Crippen LogP contribution is 2.58. The minimum atomic E-state index is -0.138. The summed E-state index contributed by atoms with van der Waals surface area (Å²) in [6.07, 6.45) is 7.07. The zero-order valence-electron chi connectivity index (χ0n) is 51.9. The van der Waals surface area contributed by atoms with E-state index in [1.165, 1.54) is 153 Å². The standard InChI is InChI=1S/C74H91BN2S/c1-66(2,3)45-24-22-44(23-25-45)61-57(31-29-51-62(61)74(20,21)37-36-70(51,12)13)77-56-30-26-46(67(4,5)6)38-55(56)75-63-49-42-53-54(73(18,19)35-34-72(53,16)17)43-60(49)78-65(63)76(58-39-47(68(7,8)9)40-59(77)64(58)75)48-27-28-50-52(41-48)71(14,15)33-32-69(50,10)11/h22-31,38-43H,32-37H2,1-21H3. The Morgan fingerprint density at radius 2 is 0.872 bits per heavy atom. The van der Waals surface area contributed by atoms with Crippen LogP contribution in [0.4, 0.5) is 33.4 Å². The average Bonchev–Trinajstić information content (AvgIpc) is 3.90. The van der Waals surface area contributed by atoms with Crippen LogP contribution in [-0.2, 0) is 48.7 Å². The molecule has 0 saturated heterocycles. The molecule has 3 aliphatic carbocycles. The Bertz CT molecular complexity index is 3640. The lowest BCUT2D eigenvalue weighted by Gasteiger charge is -2.47. The molecule has 2 aliphatic heterocycles. The van der Waals surface area contributed by atoms with E-state index in [9.17, 15) is 0 Å². The Morgan fingerprint density at radius 3 is 1.45 bits per heavy atom. The predicted octanol–water partition coefficient (Wildman–Crippen LogP) is 19.6. The van der Waals surface area contributed by atoms with E-state index in [-0.39, 0.29) is 55.4 Å². The van der Waals surface area contributed by atoms with Crippen LogP contribution in [0.1, 0.15) is 234 Å². The summed E-state index contributed by atoms with van der Waals surface area (Å²) in [5.74, 6) is 0. The lowest BCUT2D eigenvalue weighted by atomic mass is 9.33. The van der Waals surface area contributed by atoms with Crippen molar-refractivity contribution in [1.82, 2.24) is 0 Å². The van der Waals surface area contributed by atoms with Gasteiger partial charge in [-0.3, -0.25) is 0 Å². The maximum Gasteiger partial charge on any atom is 0.254 e. The van der Waals surface area contributed by atoms with Gasteiger partial charge in [0.15, 0.2) is 0 Å². The summed E-state index contributed by atoms with van der Waals surface area (Å²) in [7, 11) is 0. The number of fused-ring (bicyclic) bond motifs is 9. The van der Waals surface area contributed by atoms with E-state index < -0.39 is 0 Å². The van der Waals surface area contributed by atoms with E-state index in [0.717, 1.165) is 6.42 Å². The molecule has 3 heterocycles. The summed E-state index contributed by atoms with van der Waals surface area (Å²) in [6.45, 7) is 51.5. The Labute approximate surface area is 475 Å². The van der Waals surface area contributed by atoms with Crippen molar-refractivity contribution < 1.29 is 0 Å². The number of nitrogens with zero attached hydrogens (tertiary/aromatic N) is 2. The van der Waals surface area contributed by atoms with E-state index in [1.807, 2.05) is 0 Å². The van der Waals surface area contributed by atoms with Crippen LogP contribution in [0.15, 0.2) is 97.1 Å². The fraction of sp³-hybridized carbons (Fsp3) is 0.486. The van der Waals surface area contributed by atoms with E-state index in [0.29, 0.717) is 0 Å². The molecule has 7 aromatic rings. The van der Waals surface area contributed by atoms with Gasteiger partial charge in [-0.2, -0.15) is 0 Å². The number of hydrogen-bond donors (Lipinski definition) is 0. The molecule has 0 saturated carbocycles. The lowest BCUT2D eigenvalue weighted by Crippen LogP contribution is -2.61. The Kier molecular flexibility index (Phi) is 11.5. The number of thiophene rings is 1. The monoisotopic (exact) mass is 1050 g/mol. The van der Waals surface area contributed by atoms with E-state index >= 15 is 0 Å². The van der Waals surface area contributed by atoms with Gasteiger partial charge in [0.2, 0.25) is 0 Å². The van der Waals surface area contributed by atoms with Crippen LogP contribution >= 0.6 is 11.3 Å². The summed E-state index contributed by atoms with van der Waals surface area (Å²) >= 11 is 2.05. The quantitative estimate of drug-likeness (QED) is 0.163. The van der Waals surface area contributed by atoms with Crippen LogP contribution < -0.4 is 26.2 Å². The molecule has 0 bridgehead atoms. The van der Waals surface area contributed by atoms with Gasteiger partial charge in [-0.15, -0.1) is 11.3 Å². The summed E-state index contributed by atoms with van der Waals surface area (Å²) in [4.78, 5) is 5.56. The number of anilines is 6. The van der Waals surface area contributed by atoms with Gasteiger partial charge in [-0.1, -0.05) is 194 Å². The summed E-state index contributed by atoms with van der Waals surface area (Å²) in [5.41, 5.74) is 26.9. The molecule has 5 aliphatic rings. The third-order valence-electron chi connectivity index (χ3n) is 20.7. The first-order chi connectivity index (χ1) is 36.0. The first kappa shape index (κ1) is 53.6. The molecule has 406 valence electrons. The first-order valence-electron chi connectivity index (χ1n) is 30.0. The Morgan fingerprint density at radius 1 is 0.397 bits per heavy atom. The molecule has 0 fully saturated rings. The zero-order valence-corrected chi connectivity index (χ0v) is 52.7. The molecule has 12 rings (SSSR count). The van der Waals surface area contributed by atoms with E-state index in [2.05, 4.69) is 264 Å². The first-order valence-corrected chi connectivity index (χ1v) is 30.8. The van der Waals surface area contributed by atoms with Crippen LogP contribution in [0.2, 0.25) is 0 Å². The van der Waals surface area contributed by atoms with Gasteiger partial charge in [-0.25, -0.2) is 0 Å². The second-order valence-corrected chi connectivity index (χ2v) is 33.3. The summed E-state index contributed by atoms with van der Waals surface area (Å²) < 4.78 is 1.41. The highest BCUT2D eigenvalue weighted by Gasteiger charge is 2.50. The highest BCUT2D eigenvalue weighted by molar-refractivity contribution is 7.26. The molecule has 6 aromatic carbocycles. The van der Waals surface area contributed by atoms with Crippen molar-refractivity contribution in [2.45, 2.75) is 233 Å². The van der Waals surface area contributed by atoms with Gasteiger partial charge in [0.1, 0.15) is 0 Å². The minimum Gasteiger partial charge on any atom is -0.311 e. The van der Waals surface area contributed by atoms with Gasteiger partial charge in [0.25, 0.3) is 6.71 Å². The van der Waals surface area contributed by atoms with Gasteiger partial charge in [0, 0.05) is 33.0 Å². The van der Waals surface area contributed by atoms with Gasteiger partial charge < -0.3 is 9.80 Å². The molecule has 1 aromatic heterocycles. The van der Waals surface area contributed by atoms with Crippen molar-refractivity contribution in [1.29, 1.82) is 0 Å². The normalized spacial score (nSPS) is 20.1. The van der Waals surface area contributed by atoms with E-state index in [1.54, 1.807) is 0 Å². The molecule has 2 nitrogen and oxygen atoms in total. The van der Waals surface area contributed by atoms with Crippen molar-refractivity contribution in [3.63, 3.8) is 0 Å². The second kappa shape index (κ2) is 16.8. The van der Waals surface area contributed by atoms with Crippen molar-refractivity contribution >= 4 is 78.0 Å². The fourth-order valence-electron chi connectivity index (χ4n) is 15.1. The summed E-state index contributed by atoms with van der Waals surface area (Å²) in [6, 6.07) is 40.8. The second-order valence-electron chi connectivity index (χ2n) is 32.3. The third-order valence-corrected chi connectivity index (χ3v) is 21.9. The van der Waals surface area contributed by atoms with Crippen molar-refractivity contribution in [3.8, 4) is 11.1 Å². The minimum absolute atomic E-state index is 0.00542. The Hall–Kier alpha value is -5.06. The SMILES string of the molecule is CC(C)(C)c1ccc(-c2c(N3c4ccc(C(C)(C)C)cc4B4c5c3cc(C(C)(C)C)cc5N(c3ccc5c(c3)C(C)(C)CCC5(C)C)c3sc5cc6c(cc5c34)C(C)(C)CCC6(C)C)ccc3c2C(C)(C)CCC3(C)C)cc1. The largest absolute Gasteiger partial charge is 0.311 e.